The van der Waals surface area contributed by atoms with Gasteiger partial charge in [-0.25, -0.2) is 15.0 Å². The molecule has 0 saturated carbocycles. The van der Waals surface area contributed by atoms with Crippen molar-refractivity contribution < 1.29 is 24.5 Å². The van der Waals surface area contributed by atoms with Crippen LogP contribution in [-0.2, 0) is 16.1 Å². The summed E-state index contributed by atoms with van der Waals surface area (Å²) in [6.45, 7) is 0.675. The van der Waals surface area contributed by atoms with Gasteiger partial charge in [-0.2, -0.15) is 0 Å². The molecule has 1 aromatic carbocycles. The molecule has 2 rings (SSSR count). The summed E-state index contributed by atoms with van der Waals surface area (Å²) in [6.07, 6.45) is 2.12. The zero-order chi connectivity index (χ0) is 17.1. The first-order valence-electron chi connectivity index (χ1n) is 6.43. The lowest BCUT2D eigenvalue weighted by Gasteiger charge is -2.05. The number of rotatable bonds is 6. The van der Waals surface area contributed by atoms with Gasteiger partial charge >= 0.3 is 11.9 Å². The number of carbonyl (C=O) groups is 2. The third-order valence-corrected chi connectivity index (χ3v) is 2.41. The Morgan fingerprint density at radius 1 is 1.09 bits per heavy atom. The van der Waals surface area contributed by atoms with Crippen molar-refractivity contribution in [2.24, 2.45) is 0 Å². The highest BCUT2D eigenvalue weighted by molar-refractivity contribution is 5.88. The van der Waals surface area contributed by atoms with E-state index < -0.39 is 18.4 Å². The number of carboxylic acids is 2. The first kappa shape index (κ1) is 17.8. The van der Waals surface area contributed by atoms with Crippen molar-refractivity contribution in [2.45, 2.75) is 13.0 Å². The fourth-order valence-electron chi connectivity index (χ4n) is 1.38. The van der Waals surface area contributed by atoms with Crippen LogP contribution >= 0.6 is 0 Å². The lowest BCUT2D eigenvalue weighted by molar-refractivity contribution is -0.147. The minimum atomic E-state index is -1.31. The number of methoxy groups -OCH3 is 1. The van der Waals surface area contributed by atoms with E-state index in [-0.39, 0.29) is 0 Å². The van der Waals surface area contributed by atoms with Gasteiger partial charge in [-0.3, -0.25) is 9.59 Å². The van der Waals surface area contributed by atoms with Gasteiger partial charge in [0.2, 0.25) is 5.95 Å². The molecule has 9 nitrogen and oxygen atoms in total. The molecule has 0 radical (unpaired) electrons. The van der Waals surface area contributed by atoms with Crippen molar-refractivity contribution in [3.05, 3.63) is 42.5 Å². The summed E-state index contributed by atoms with van der Waals surface area (Å²) >= 11 is 0. The van der Waals surface area contributed by atoms with Gasteiger partial charge in [0.15, 0.2) is 0 Å². The van der Waals surface area contributed by atoms with Crippen LogP contribution in [0.3, 0.4) is 0 Å². The molecule has 0 atom stereocenters. The first-order chi connectivity index (χ1) is 11.0. The van der Waals surface area contributed by atoms with E-state index in [0.717, 1.165) is 11.3 Å². The Bertz CT molecular complexity index is 607. The lowest BCUT2D eigenvalue weighted by atomic mass is 10.2. The second-order valence-electron chi connectivity index (χ2n) is 4.13. The Morgan fingerprint density at radius 3 is 2.09 bits per heavy atom. The average Bonchev–Trinajstić information content (AvgIpc) is 2.54. The third-order valence-electron chi connectivity index (χ3n) is 2.41. The molecule has 0 aliphatic rings. The number of nitrogens with one attached hydrogen (secondary N) is 1. The molecule has 3 N–H and O–H groups in total. The molecule has 1 heterocycles. The maximum absolute atomic E-state index is 9.43. The molecule has 0 unspecified atom stereocenters. The molecule has 0 aliphatic carbocycles. The molecule has 0 spiro atoms. The van der Waals surface area contributed by atoms with Crippen LogP contribution < -0.4 is 10.1 Å². The number of aliphatic carboxylic acids is 2. The lowest BCUT2D eigenvalue weighted by Crippen LogP contribution is -2.03. The number of carboxylic acid groups (broad SMARTS) is 2. The molecule has 0 bridgehead atoms. The van der Waals surface area contributed by atoms with Crippen LogP contribution in [0.15, 0.2) is 36.9 Å². The van der Waals surface area contributed by atoms with Crippen molar-refractivity contribution in [2.75, 3.05) is 12.4 Å². The molecule has 2 aromatic rings. The second-order valence-corrected chi connectivity index (χ2v) is 4.13. The topological polar surface area (TPSA) is 135 Å². The van der Waals surface area contributed by atoms with Crippen LogP contribution in [0.25, 0.3) is 0 Å². The van der Waals surface area contributed by atoms with E-state index in [1.165, 1.54) is 12.7 Å². The Hall–Kier alpha value is -3.23. The van der Waals surface area contributed by atoms with Crippen molar-refractivity contribution in [1.29, 1.82) is 0 Å². The zero-order valence-corrected chi connectivity index (χ0v) is 12.3. The smallest absolute Gasteiger partial charge is 0.314 e. The summed E-state index contributed by atoms with van der Waals surface area (Å²) < 4.78 is 5.08. The van der Waals surface area contributed by atoms with E-state index in [4.69, 9.17) is 14.9 Å². The van der Waals surface area contributed by atoms with Gasteiger partial charge in [0.05, 0.1) is 7.11 Å². The van der Waals surface area contributed by atoms with Gasteiger partial charge in [-0.05, 0) is 17.7 Å². The second kappa shape index (κ2) is 9.66. The van der Waals surface area contributed by atoms with Gasteiger partial charge in [-0.1, -0.05) is 12.1 Å². The summed E-state index contributed by atoms with van der Waals surface area (Å²) in [5.74, 6) is -1.20. The van der Waals surface area contributed by atoms with Crippen LogP contribution in [0.2, 0.25) is 0 Å². The Balaban J connectivity index is 0.000000322. The number of nitrogens with zero attached hydrogens (tertiary/aromatic N) is 3. The predicted molar refractivity (Wildman–Crippen MR) is 80.0 cm³/mol. The highest BCUT2D eigenvalue weighted by Gasteiger charge is 2.01. The monoisotopic (exact) mass is 320 g/mol. The summed E-state index contributed by atoms with van der Waals surface area (Å²) in [7, 11) is 1.65. The number of anilines is 1. The molecule has 1 aromatic heterocycles. The highest BCUT2D eigenvalue weighted by atomic mass is 16.5. The Kier molecular flexibility index (Phi) is 7.48. The van der Waals surface area contributed by atoms with Crippen LogP contribution in [-0.4, -0.2) is 44.2 Å². The van der Waals surface area contributed by atoms with Gasteiger partial charge in [0.25, 0.3) is 0 Å². The fourth-order valence-corrected chi connectivity index (χ4v) is 1.38. The molecule has 23 heavy (non-hydrogen) atoms. The van der Waals surface area contributed by atoms with E-state index in [1.54, 1.807) is 7.11 Å². The minimum absolute atomic E-state index is 0.575. The van der Waals surface area contributed by atoms with Crippen LogP contribution in [0.1, 0.15) is 12.0 Å². The van der Waals surface area contributed by atoms with Gasteiger partial charge < -0.3 is 20.3 Å². The molecular formula is C14H16N4O5. The van der Waals surface area contributed by atoms with Crippen LogP contribution in [0, 0.1) is 0 Å². The van der Waals surface area contributed by atoms with Crippen molar-refractivity contribution in [1.82, 2.24) is 15.0 Å². The summed E-state index contributed by atoms with van der Waals surface area (Å²) in [5, 5.41) is 18.5. The summed E-state index contributed by atoms with van der Waals surface area (Å²) in [6, 6.07) is 7.83. The number of hydrogen-bond donors (Lipinski definition) is 3. The van der Waals surface area contributed by atoms with Crippen LogP contribution in [0.4, 0.5) is 5.95 Å². The molecular weight excluding hydrogens is 304 g/mol. The third kappa shape index (κ3) is 7.95. The normalized spacial score (nSPS) is 9.26. The van der Waals surface area contributed by atoms with Crippen LogP contribution in [0.5, 0.6) is 5.75 Å². The first-order valence-corrected chi connectivity index (χ1v) is 6.43. The summed E-state index contributed by atoms with van der Waals surface area (Å²) in [5.41, 5.74) is 1.14. The minimum Gasteiger partial charge on any atom is -0.497 e. The van der Waals surface area contributed by atoms with Crippen molar-refractivity contribution >= 4 is 17.9 Å². The molecule has 0 saturated heterocycles. The Morgan fingerprint density at radius 2 is 1.65 bits per heavy atom. The quantitative estimate of drug-likeness (QED) is 0.667. The molecule has 0 amide bonds. The number of aromatic nitrogens is 3. The molecule has 9 heteroatoms. The number of hydrogen-bond acceptors (Lipinski definition) is 7. The van der Waals surface area contributed by atoms with E-state index >= 15 is 0 Å². The molecule has 0 aliphatic heterocycles. The Labute approximate surface area is 132 Å². The maximum Gasteiger partial charge on any atom is 0.314 e. The predicted octanol–water partition coefficient (Wildman–Crippen LogP) is 1.04. The van der Waals surface area contributed by atoms with E-state index in [9.17, 15) is 9.59 Å². The van der Waals surface area contributed by atoms with Gasteiger partial charge in [0.1, 0.15) is 24.8 Å². The SMILES string of the molecule is COc1ccc(CNc2ncncn2)cc1.O=C(O)CC(=O)O. The fraction of sp³-hybridized carbons (Fsp3) is 0.214. The van der Waals surface area contributed by atoms with Gasteiger partial charge in [-0.15, -0.1) is 0 Å². The maximum atomic E-state index is 9.43. The number of benzene rings is 1. The highest BCUT2D eigenvalue weighted by Crippen LogP contribution is 2.11. The van der Waals surface area contributed by atoms with Crippen molar-refractivity contribution in [3.8, 4) is 5.75 Å². The standard InChI is InChI=1S/C11H12N4O.C3H4O4/c1-16-10-4-2-9(3-5-10)6-13-11-14-7-12-8-15-11;4-2(5)1-3(6)7/h2-5,7-8H,6H2,1H3,(H,12,13,14,15);1H2,(H,4,5)(H,6,7). The average molecular weight is 320 g/mol. The molecule has 0 fully saturated rings. The molecule has 122 valence electrons. The number of ether oxygens (including phenoxy) is 1. The largest absolute Gasteiger partial charge is 0.497 e. The van der Waals surface area contributed by atoms with Gasteiger partial charge in [0, 0.05) is 6.54 Å². The van der Waals surface area contributed by atoms with E-state index in [1.807, 2.05) is 24.3 Å². The van der Waals surface area contributed by atoms with E-state index in [2.05, 4.69) is 20.3 Å². The van der Waals surface area contributed by atoms with E-state index in [0.29, 0.717) is 12.5 Å². The summed E-state index contributed by atoms with van der Waals surface area (Å²) in [4.78, 5) is 30.5. The zero-order valence-electron chi connectivity index (χ0n) is 12.3. The van der Waals surface area contributed by atoms with Crippen molar-refractivity contribution in [3.63, 3.8) is 0 Å².